The van der Waals surface area contributed by atoms with Gasteiger partial charge < -0.3 is 89.3 Å². The van der Waals surface area contributed by atoms with Gasteiger partial charge in [0.05, 0.1) is 22.1 Å². The number of hydrogen-bond donors (Lipinski definition) is 6. The predicted octanol–water partition coefficient (Wildman–Crippen LogP) is 13.0. The van der Waals surface area contributed by atoms with E-state index in [-0.39, 0.29) is 137 Å². The number of fused-ring (bicyclic) bond motifs is 12. The fraction of sp³-hybridized carbons (Fsp3) is 0.188. The first kappa shape index (κ1) is 92.5. The van der Waals surface area contributed by atoms with Crippen LogP contribution in [0.3, 0.4) is 0 Å². The molecule has 0 unspecified atom stereocenters. The molecule has 6 N–H and O–H groups in total. The number of pyridine rings is 4. The van der Waals surface area contributed by atoms with Crippen molar-refractivity contribution in [1.29, 1.82) is 0 Å². The van der Waals surface area contributed by atoms with E-state index in [1.807, 2.05) is 207 Å². The number of para-hydroxylation sites is 6. The molecule has 120 heavy (non-hydrogen) atoms. The molecule has 18 aromatic rings. The first-order chi connectivity index (χ1) is 57.5. The molecule has 0 saturated carbocycles. The Morgan fingerprint density at radius 2 is 0.375 bits per heavy atom. The second-order valence-corrected chi connectivity index (χ2v) is 27.9. The first-order valence-electron chi connectivity index (χ1n) is 39.2. The maximum absolute atomic E-state index is 10.3. The van der Waals surface area contributed by atoms with Crippen LogP contribution < -0.4 is 30.6 Å². The number of nitrogens with one attached hydrogen (secondary N) is 6. The number of carbonyl (C=O) groups excluding carboxylic acids is 6. The number of carboxylic acids is 6. The van der Waals surface area contributed by atoms with Gasteiger partial charge in [-0.15, -0.1) is 0 Å². The van der Waals surface area contributed by atoms with Crippen LogP contribution in [0.15, 0.2) is 280 Å². The number of carbonyl (C=O) groups is 6. The second-order valence-electron chi connectivity index (χ2n) is 27.9. The summed E-state index contributed by atoms with van der Waals surface area (Å²) in [6.45, 7) is 0. The fourth-order valence-corrected chi connectivity index (χ4v) is 13.9. The Hall–Kier alpha value is -11.4. The number of H-pyrrole nitrogens is 6. The van der Waals surface area contributed by atoms with Gasteiger partial charge >= 0.3 is 98.8 Å². The first-order valence-corrected chi connectivity index (χ1v) is 39.2. The number of nitrogens with zero attached hydrogens (tertiary/aromatic N) is 4. The predicted molar refractivity (Wildman–Crippen MR) is 452 cm³/mol. The maximum atomic E-state index is 10.3. The molecule has 10 heterocycles. The number of aliphatic carboxylic acids is 6. The van der Waals surface area contributed by atoms with Crippen LogP contribution in [0.4, 0.5) is 0 Å². The molecule has 22 nitrogen and oxygen atoms in total. The zero-order chi connectivity index (χ0) is 82.8. The van der Waals surface area contributed by atoms with Crippen molar-refractivity contribution in [2.75, 3.05) is 0 Å². The number of benzene rings is 8. The summed E-state index contributed by atoms with van der Waals surface area (Å²) in [4.78, 5) is 98.0. The molecule has 608 valence electrons. The van der Waals surface area contributed by atoms with Gasteiger partial charge in [-0.3, -0.25) is 19.9 Å². The average Bonchev–Trinajstić information content (AvgIpc) is 1.28. The summed E-state index contributed by atoms with van der Waals surface area (Å²) >= 11 is 0. The number of hydrogen-bond acceptors (Lipinski definition) is 16. The van der Waals surface area contributed by atoms with Gasteiger partial charge in [-0.1, -0.05) is 158 Å². The topological polar surface area (TPSA) is 387 Å². The summed E-state index contributed by atoms with van der Waals surface area (Å²) in [7, 11) is 0. The Morgan fingerprint density at radius 1 is 0.217 bits per heavy atom. The van der Waals surface area contributed by atoms with E-state index in [9.17, 15) is 59.4 Å². The standard InChI is InChI=1S/2C12H8N2.6C12H13NO2.2Eu/c2*1-3-9-5-6-10-4-2-8-14-12(10)11(9)13-7-1;6*14-12(15)7-3-4-9-8-13-11-6-2-1-5-10(9)11;;/h2*1-8H;6*1-2,5-6,8,13H,3-4,7H2,(H,14,15);;/q;;;;;;;;2*+3/p-6. The van der Waals surface area contributed by atoms with Crippen LogP contribution in [0.25, 0.3) is 109 Å². The summed E-state index contributed by atoms with van der Waals surface area (Å²) in [5, 5.41) is 73.2. The van der Waals surface area contributed by atoms with Crippen molar-refractivity contribution in [3.63, 3.8) is 0 Å². The molecule has 0 aliphatic heterocycles. The largest absolute Gasteiger partial charge is 3.00 e. The van der Waals surface area contributed by atoms with Crippen LogP contribution in [0.1, 0.15) is 110 Å². The molecule has 18 rings (SSSR count). The summed E-state index contributed by atoms with van der Waals surface area (Å²) in [5.74, 6) is -5.86. The van der Waals surface area contributed by atoms with E-state index in [0.717, 1.165) is 115 Å². The monoisotopic (exact) mass is 1880 g/mol. The third-order valence-corrected chi connectivity index (χ3v) is 19.7. The fourth-order valence-electron chi connectivity index (χ4n) is 13.9. The van der Waals surface area contributed by atoms with E-state index in [2.05, 4.69) is 98.4 Å². The number of aromatic amines is 6. The third kappa shape index (κ3) is 27.9. The summed E-state index contributed by atoms with van der Waals surface area (Å²) in [6, 6.07) is 72.4. The van der Waals surface area contributed by atoms with Crippen molar-refractivity contribution in [3.8, 4) is 0 Å². The molecule has 0 fully saturated rings. The van der Waals surface area contributed by atoms with Crippen LogP contribution in [-0.4, -0.2) is 85.7 Å². The number of aryl methyl sites for hydroxylation is 6. The maximum Gasteiger partial charge on any atom is 3.00 e. The number of rotatable bonds is 24. The molecule has 0 saturated heterocycles. The van der Waals surface area contributed by atoms with Gasteiger partial charge in [0.15, 0.2) is 0 Å². The Bertz CT molecular complexity index is 5430. The molecule has 0 spiro atoms. The molecular formula is C96H88Eu2N10O12. The van der Waals surface area contributed by atoms with Gasteiger partial charge in [0.2, 0.25) is 0 Å². The van der Waals surface area contributed by atoms with E-state index in [1.165, 1.54) is 65.7 Å². The van der Waals surface area contributed by atoms with Crippen molar-refractivity contribution in [1.82, 2.24) is 49.8 Å². The molecule has 0 radical (unpaired) electrons. The molecule has 0 aliphatic carbocycles. The number of aromatic nitrogens is 10. The van der Waals surface area contributed by atoms with Gasteiger partial charge in [0.1, 0.15) is 0 Å². The quantitative estimate of drug-likeness (QED) is 0.0306. The van der Waals surface area contributed by atoms with Gasteiger partial charge in [0.25, 0.3) is 0 Å². The molecule has 0 aliphatic rings. The van der Waals surface area contributed by atoms with Gasteiger partial charge in [-0.2, -0.15) is 0 Å². The summed E-state index contributed by atoms with van der Waals surface area (Å²) in [6.07, 6.45) is 28.1. The van der Waals surface area contributed by atoms with Gasteiger partial charge in [-0.05, 0) is 210 Å². The zero-order valence-corrected chi connectivity index (χ0v) is 70.6. The van der Waals surface area contributed by atoms with Crippen LogP contribution in [-0.2, 0) is 67.3 Å². The average molecular weight is 1880 g/mol. The molecule has 8 aromatic carbocycles. The minimum absolute atomic E-state index is 0. The third-order valence-electron chi connectivity index (χ3n) is 19.7. The molecular weight excluding hydrogens is 1790 g/mol. The van der Waals surface area contributed by atoms with Crippen molar-refractivity contribution >= 4 is 145 Å². The molecule has 0 atom stereocenters. The smallest absolute Gasteiger partial charge is 0.550 e. The molecule has 10 aromatic heterocycles. The van der Waals surface area contributed by atoms with E-state index in [0.29, 0.717) is 38.5 Å². The van der Waals surface area contributed by atoms with Crippen LogP contribution in [0.2, 0.25) is 0 Å². The van der Waals surface area contributed by atoms with E-state index in [1.54, 1.807) is 24.8 Å². The van der Waals surface area contributed by atoms with Crippen LogP contribution in [0.5, 0.6) is 0 Å². The van der Waals surface area contributed by atoms with Crippen molar-refractivity contribution in [3.05, 3.63) is 314 Å². The van der Waals surface area contributed by atoms with E-state index in [4.69, 9.17) is 0 Å². The Morgan fingerprint density at radius 3 is 0.533 bits per heavy atom. The van der Waals surface area contributed by atoms with E-state index >= 15 is 0 Å². The minimum atomic E-state index is -0.977. The molecule has 0 bridgehead atoms. The Labute approximate surface area is 773 Å². The normalized spacial score (nSPS) is 10.5. The summed E-state index contributed by atoms with van der Waals surface area (Å²) in [5.41, 5.74) is 17.5. The van der Waals surface area contributed by atoms with Crippen molar-refractivity contribution in [2.24, 2.45) is 0 Å². The number of carboxylic acid groups (broad SMARTS) is 6. The SMILES string of the molecule is O=C([O-])CCCc1c[nH]c2ccccc12.O=C([O-])CCCc1c[nH]c2ccccc12.O=C([O-])CCCc1c[nH]c2ccccc12.O=C([O-])CCCc1c[nH]c2ccccc12.O=C([O-])CCCc1c[nH]c2ccccc12.O=C([O-])CCCc1c[nH]c2ccccc12.[Eu+3].[Eu+3].c1cnc2c(c1)ccc1cccnc12.c1cnc2c(c1)ccc1cccnc12. The van der Waals surface area contributed by atoms with Gasteiger partial charge in [0, 0.05) is 185 Å². The zero-order valence-electron chi connectivity index (χ0n) is 65.7. The van der Waals surface area contributed by atoms with Crippen LogP contribution in [0, 0.1) is 98.8 Å². The minimum Gasteiger partial charge on any atom is -0.550 e. The molecule has 24 heteroatoms. The second kappa shape index (κ2) is 48.6. The Balaban J connectivity index is 0.000000156. The van der Waals surface area contributed by atoms with E-state index < -0.39 is 35.8 Å². The van der Waals surface area contributed by atoms with Crippen LogP contribution >= 0.6 is 0 Å². The van der Waals surface area contributed by atoms with Crippen molar-refractivity contribution < 1.29 is 158 Å². The van der Waals surface area contributed by atoms with Gasteiger partial charge in [-0.25, -0.2) is 0 Å². The summed E-state index contributed by atoms with van der Waals surface area (Å²) < 4.78 is 0. The Kier molecular flexibility index (Phi) is 37.5. The molecule has 0 amide bonds. The van der Waals surface area contributed by atoms with Crippen molar-refractivity contribution in [2.45, 2.75) is 116 Å².